The summed E-state index contributed by atoms with van der Waals surface area (Å²) in [4.78, 5) is 12.6. The maximum absolute atomic E-state index is 12.6. The second kappa shape index (κ2) is 8.06. The summed E-state index contributed by atoms with van der Waals surface area (Å²) >= 11 is 6.32. The molecule has 134 valence electrons. The van der Waals surface area contributed by atoms with Gasteiger partial charge in [0.1, 0.15) is 17.2 Å². The number of hydrogen-bond donors (Lipinski definition) is 1. The zero-order valence-electron chi connectivity index (χ0n) is 14.7. The number of carbonyl (C=O) groups is 1. The quantitative estimate of drug-likeness (QED) is 0.659. The molecule has 1 N–H and O–H groups in total. The lowest BCUT2D eigenvalue weighted by Gasteiger charge is -2.08. The molecule has 0 unspecified atom stereocenters. The van der Waals surface area contributed by atoms with Crippen LogP contribution in [-0.4, -0.2) is 15.7 Å². The van der Waals surface area contributed by atoms with Crippen LogP contribution in [0.4, 0.5) is 5.69 Å². The van der Waals surface area contributed by atoms with E-state index in [0.29, 0.717) is 22.2 Å². The molecule has 0 fully saturated rings. The van der Waals surface area contributed by atoms with E-state index in [4.69, 9.17) is 16.3 Å². The number of para-hydroxylation sites is 1. The van der Waals surface area contributed by atoms with Gasteiger partial charge in [0, 0.05) is 12.7 Å². The topological polar surface area (TPSA) is 56.2 Å². The number of aryl methyl sites for hydroxylation is 2. The molecule has 0 aliphatic heterocycles. The minimum atomic E-state index is -0.288. The second-order valence-corrected chi connectivity index (χ2v) is 6.25. The van der Waals surface area contributed by atoms with E-state index in [1.165, 1.54) is 4.68 Å². The predicted molar refractivity (Wildman–Crippen MR) is 103 cm³/mol. The lowest BCUT2D eigenvalue weighted by Crippen LogP contribution is -2.16. The van der Waals surface area contributed by atoms with Crippen molar-refractivity contribution >= 4 is 23.2 Å². The lowest BCUT2D eigenvalue weighted by atomic mass is 10.2. The summed E-state index contributed by atoms with van der Waals surface area (Å²) in [6, 6.07) is 16.7. The van der Waals surface area contributed by atoms with Gasteiger partial charge in [-0.3, -0.25) is 9.48 Å². The average Bonchev–Trinajstić information content (AvgIpc) is 2.91. The van der Waals surface area contributed by atoms with Crippen LogP contribution in [0.5, 0.6) is 11.5 Å². The molecule has 2 aromatic carbocycles. The second-order valence-electron chi connectivity index (χ2n) is 5.88. The van der Waals surface area contributed by atoms with Crippen molar-refractivity contribution in [2.45, 2.75) is 19.8 Å². The summed E-state index contributed by atoms with van der Waals surface area (Å²) < 4.78 is 7.27. The Morgan fingerprint density at radius 1 is 1.12 bits per heavy atom. The number of halogens is 1. The Hall–Kier alpha value is -2.79. The van der Waals surface area contributed by atoms with Crippen molar-refractivity contribution in [1.82, 2.24) is 9.78 Å². The number of hydrogen-bond acceptors (Lipinski definition) is 3. The van der Waals surface area contributed by atoms with Crippen molar-refractivity contribution in [2.24, 2.45) is 7.05 Å². The number of ether oxygens (including phenoxy) is 1. The number of benzene rings is 2. The number of nitrogens with zero attached hydrogens (tertiary/aromatic N) is 2. The van der Waals surface area contributed by atoms with Gasteiger partial charge in [0.15, 0.2) is 0 Å². The van der Waals surface area contributed by atoms with E-state index in [1.54, 1.807) is 31.3 Å². The van der Waals surface area contributed by atoms with Gasteiger partial charge in [-0.05, 0) is 42.8 Å². The normalized spacial score (nSPS) is 10.6. The van der Waals surface area contributed by atoms with Crippen LogP contribution >= 0.6 is 11.6 Å². The fourth-order valence-corrected chi connectivity index (χ4v) is 2.96. The van der Waals surface area contributed by atoms with Crippen molar-refractivity contribution < 1.29 is 9.53 Å². The van der Waals surface area contributed by atoms with Crippen LogP contribution in [0.15, 0.2) is 54.6 Å². The van der Waals surface area contributed by atoms with Crippen LogP contribution in [0.3, 0.4) is 0 Å². The summed E-state index contributed by atoms with van der Waals surface area (Å²) in [5.41, 5.74) is 1.76. The molecule has 5 nitrogen and oxygen atoms in total. The molecule has 0 aliphatic carbocycles. The van der Waals surface area contributed by atoms with Crippen LogP contribution in [-0.2, 0) is 13.5 Å². The summed E-state index contributed by atoms with van der Waals surface area (Å²) in [6.45, 7) is 2.05. The Balaban J connectivity index is 1.70. The predicted octanol–water partition coefficient (Wildman–Crippen LogP) is 5.07. The first-order valence-corrected chi connectivity index (χ1v) is 8.82. The molecule has 1 amide bonds. The number of anilines is 1. The van der Waals surface area contributed by atoms with E-state index in [0.717, 1.165) is 24.3 Å². The fraction of sp³-hybridized carbons (Fsp3) is 0.200. The van der Waals surface area contributed by atoms with Gasteiger partial charge >= 0.3 is 0 Å². The molecule has 0 saturated heterocycles. The Labute approximate surface area is 157 Å². The smallest absolute Gasteiger partial charge is 0.275 e. The molecule has 3 aromatic rings. The minimum Gasteiger partial charge on any atom is -0.457 e. The number of nitrogens with one attached hydrogen (secondary N) is 1. The Bertz CT molecular complexity index is 889. The maximum Gasteiger partial charge on any atom is 0.275 e. The highest BCUT2D eigenvalue weighted by molar-refractivity contribution is 6.34. The summed E-state index contributed by atoms with van der Waals surface area (Å²) in [7, 11) is 1.72. The van der Waals surface area contributed by atoms with E-state index in [2.05, 4.69) is 10.4 Å². The maximum atomic E-state index is 12.6. The molecule has 1 heterocycles. The van der Waals surface area contributed by atoms with Gasteiger partial charge in [-0.25, -0.2) is 0 Å². The highest BCUT2D eigenvalue weighted by atomic mass is 35.5. The third-order valence-corrected chi connectivity index (χ3v) is 4.25. The minimum absolute atomic E-state index is 0.288. The zero-order valence-corrected chi connectivity index (χ0v) is 15.5. The molecule has 1 aromatic heterocycles. The van der Waals surface area contributed by atoms with E-state index in [-0.39, 0.29) is 5.91 Å². The Kier molecular flexibility index (Phi) is 5.58. The molecular weight excluding hydrogens is 350 g/mol. The lowest BCUT2D eigenvalue weighted by molar-refractivity contribution is 0.101. The third kappa shape index (κ3) is 4.06. The first-order valence-electron chi connectivity index (χ1n) is 8.44. The first kappa shape index (κ1) is 18.0. The number of amides is 1. The van der Waals surface area contributed by atoms with Crippen molar-refractivity contribution in [3.05, 3.63) is 71.0 Å². The highest BCUT2D eigenvalue weighted by Crippen LogP contribution is 2.25. The molecule has 0 aliphatic rings. The standard InChI is InChI=1S/C20H20ClN3O2/c1-3-7-17-18(21)19(24(2)23-17)20(25)22-14-10-12-16(13-11-14)26-15-8-5-4-6-9-15/h4-6,8-13H,3,7H2,1-2H3,(H,22,25). The molecule has 6 heteroatoms. The molecule has 0 radical (unpaired) electrons. The number of carbonyl (C=O) groups excluding carboxylic acids is 1. The van der Waals surface area contributed by atoms with E-state index >= 15 is 0 Å². The average molecular weight is 370 g/mol. The monoisotopic (exact) mass is 369 g/mol. The van der Waals surface area contributed by atoms with Crippen LogP contribution in [0.1, 0.15) is 29.5 Å². The first-order chi connectivity index (χ1) is 12.6. The highest BCUT2D eigenvalue weighted by Gasteiger charge is 2.20. The van der Waals surface area contributed by atoms with Crippen molar-refractivity contribution in [3.63, 3.8) is 0 Å². The van der Waals surface area contributed by atoms with Crippen LogP contribution in [0, 0.1) is 0 Å². The van der Waals surface area contributed by atoms with Crippen molar-refractivity contribution in [3.8, 4) is 11.5 Å². The van der Waals surface area contributed by atoms with Crippen LogP contribution in [0.2, 0.25) is 5.02 Å². The van der Waals surface area contributed by atoms with E-state index in [1.807, 2.05) is 37.3 Å². The Morgan fingerprint density at radius 3 is 2.42 bits per heavy atom. The molecule has 3 rings (SSSR count). The van der Waals surface area contributed by atoms with Gasteiger partial charge < -0.3 is 10.1 Å². The molecular formula is C20H20ClN3O2. The third-order valence-electron chi connectivity index (χ3n) is 3.85. The fourth-order valence-electron chi connectivity index (χ4n) is 2.62. The largest absolute Gasteiger partial charge is 0.457 e. The summed E-state index contributed by atoms with van der Waals surface area (Å²) in [5.74, 6) is 1.16. The van der Waals surface area contributed by atoms with Crippen LogP contribution < -0.4 is 10.1 Å². The molecule has 0 spiro atoms. The zero-order chi connectivity index (χ0) is 18.5. The molecule has 26 heavy (non-hydrogen) atoms. The Morgan fingerprint density at radius 2 is 1.77 bits per heavy atom. The van der Waals surface area contributed by atoms with Gasteiger partial charge in [-0.2, -0.15) is 5.10 Å². The molecule has 0 saturated carbocycles. The number of rotatable bonds is 6. The SMILES string of the molecule is CCCc1nn(C)c(C(=O)Nc2ccc(Oc3ccccc3)cc2)c1Cl. The van der Waals surface area contributed by atoms with Gasteiger partial charge in [0.2, 0.25) is 0 Å². The van der Waals surface area contributed by atoms with Crippen molar-refractivity contribution in [1.29, 1.82) is 0 Å². The van der Waals surface area contributed by atoms with E-state index < -0.39 is 0 Å². The van der Waals surface area contributed by atoms with Crippen molar-refractivity contribution in [2.75, 3.05) is 5.32 Å². The van der Waals surface area contributed by atoms with Gasteiger partial charge in [0.05, 0.1) is 10.7 Å². The van der Waals surface area contributed by atoms with Gasteiger partial charge in [-0.1, -0.05) is 43.1 Å². The molecule has 0 atom stereocenters. The van der Waals surface area contributed by atoms with Gasteiger partial charge in [0.25, 0.3) is 5.91 Å². The molecule has 0 bridgehead atoms. The van der Waals surface area contributed by atoms with E-state index in [9.17, 15) is 4.79 Å². The number of aromatic nitrogens is 2. The van der Waals surface area contributed by atoms with Gasteiger partial charge in [-0.15, -0.1) is 0 Å². The van der Waals surface area contributed by atoms with Crippen LogP contribution in [0.25, 0.3) is 0 Å². The summed E-state index contributed by atoms with van der Waals surface area (Å²) in [6.07, 6.45) is 1.66. The summed E-state index contributed by atoms with van der Waals surface area (Å²) in [5, 5.41) is 7.59.